The Bertz CT molecular complexity index is 801. The molecule has 1 amide bonds. The third kappa shape index (κ3) is 3.06. The number of piperazine rings is 1. The van der Waals surface area contributed by atoms with Gasteiger partial charge in [-0.1, -0.05) is 0 Å². The first kappa shape index (κ1) is 17.0. The molecule has 0 bridgehead atoms. The fourth-order valence-corrected chi connectivity index (χ4v) is 4.10. The molecule has 0 radical (unpaired) electrons. The number of rotatable bonds is 2. The van der Waals surface area contributed by atoms with Crippen LogP contribution in [0.5, 0.6) is 0 Å². The Balaban J connectivity index is 1.44. The summed E-state index contributed by atoms with van der Waals surface area (Å²) < 4.78 is 2.20. The van der Waals surface area contributed by atoms with E-state index in [1.165, 1.54) is 0 Å². The number of carbonyl (C=O) groups is 1. The van der Waals surface area contributed by atoms with Gasteiger partial charge >= 0.3 is 0 Å². The maximum atomic E-state index is 13.1. The van der Waals surface area contributed by atoms with Gasteiger partial charge in [0, 0.05) is 56.4 Å². The van der Waals surface area contributed by atoms with Crippen LogP contribution in [0.25, 0.3) is 0 Å². The topological polar surface area (TPSA) is 67.2 Å². The summed E-state index contributed by atoms with van der Waals surface area (Å²) in [5.41, 5.74) is 2.13. The number of carbonyl (C=O) groups excluding carboxylic acids is 1. The van der Waals surface area contributed by atoms with Crippen LogP contribution in [0, 0.1) is 20.8 Å². The van der Waals surface area contributed by atoms with Crippen LogP contribution in [0.4, 0.5) is 5.82 Å². The first-order chi connectivity index (χ1) is 12.5. The summed E-state index contributed by atoms with van der Waals surface area (Å²) in [4.78, 5) is 30.8. The summed E-state index contributed by atoms with van der Waals surface area (Å²) in [6.45, 7) is 10.0. The van der Waals surface area contributed by atoms with Crippen molar-refractivity contribution in [3.63, 3.8) is 0 Å². The SMILES string of the molecule is Cc1cc(N2CCN(C(=O)C3CCCn4c(C)cnc43)CC2)nc(C)n1. The largest absolute Gasteiger partial charge is 0.353 e. The second kappa shape index (κ2) is 6.70. The van der Waals surface area contributed by atoms with E-state index in [1.807, 2.05) is 31.0 Å². The number of aromatic nitrogens is 4. The highest BCUT2D eigenvalue weighted by molar-refractivity contribution is 5.83. The Kier molecular flexibility index (Phi) is 4.38. The lowest BCUT2D eigenvalue weighted by molar-refractivity contribution is -0.133. The Morgan fingerprint density at radius 2 is 1.85 bits per heavy atom. The minimum Gasteiger partial charge on any atom is -0.353 e. The molecule has 1 saturated heterocycles. The van der Waals surface area contributed by atoms with Gasteiger partial charge in [-0.2, -0.15) is 0 Å². The normalized spacial score (nSPS) is 20.2. The Morgan fingerprint density at radius 3 is 2.58 bits per heavy atom. The summed E-state index contributed by atoms with van der Waals surface area (Å²) in [5.74, 6) is 2.84. The minimum atomic E-state index is -0.0902. The molecular formula is C19H26N6O. The lowest BCUT2D eigenvalue weighted by atomic mass is 9.97. The van der Waals surface area contributed by atoms with Gasteiger partial charge in [-0.15, -0.1) is 0 Å². The van der Waals surface area contributed by atoms with Crippen molar-refractivity contribution in [1.82, 2.24) is 24.4 Å². The van der Waals surface area contributed by atoms with Gasteiger partial charge in [0.15, 0.2) is 0 Å². The summed E-state index contributed by atoms with van der Waals surface area (Å²) >= 11 is 0. The van der Waals surface area contributed by atoms with Gasteiger partial charge in [0.05, 0.1) is 5.92 Å². The summed E-state index contributed by atoms with van der Waals surface area (Å²) in [7, 11) is 0. The zero-order valence-corrected chi connectivity index (χ0v) is 15.8. The first-order valence-corrected chi connectivity index (χ1v) is 9.41. The van der Waals surface area contributed by atoms with Gasteiger partial charge in [0.2, 0.25) is 5.91 Å². The molecule has 2 aromatic heterocycles. The average Bonchev–Trinajstić information content (AvgIpc) is 3.02. The highest BCUT2D eigenvalue weighted by atomic mass is 16.2. The number of aryl methyl sites for hydroxylation is 3. The lowest BCUT2D eigenvalue weighted by Gasteiger charge is -2.37. The van der Waals surface area contributed by atoms with Crippen LogP contribution >= 0.6 is 0 Å². The van der Waals surface area contributed by atoms with Crippen molar-refractivity contribution in [1.29, 1.82) is 0 Å². The predicted molar refractivity (Wildman–Crippen MR) is 99.2 cm³/mol. The van der Waals surface area contributed by atoms with Crippen molar-refractivity contribution in [3.8, 4) is 0 Å². The molecule has 2 aliphatic heterocycles. The number of fused-ring (bicyclic) bond motifs is 1. The number of hydrogen-bond donors (Lipinski definition) is 0. The van der Waals surface area contributed by atoms with E-state index in [4.69, 9.17) is 0 Å². The highest BCUT2D eigenvalue weighted by Crippen LogP contribution is 2.29. The van der Waals surface area contributed by atoms with Gasteiger partial charge < -0.3 is 14.4 Å². The van der Waals surface area contributed by atoms with E-state index < -0.39 is 0 Å². The van der Waals surface area contributed by atoms with Crippen LogP contribution in [0.15, 0.2) is 12.3 Å². The molecule has 1 atom stereocenters. The molecule has 7 nitrogen and oxygen atoms in total. The van der Waals surface area contributed by atoms with Gasteiger partial charge in [-0.25, -0.2) is 15.0 Å². The fraction of sp³-hybridized carbons (Fsp3) is 0.579. The molecule has 0 aliphatic carbocycles. The third-order valence-electron chi connectivity index (χ3n) is 5.44. The molecule has 2 aliphatic rings. The molecule has 0 aromatic carbocycles. The van der Waals surface area contributed by atoms with Crippen LogP contribution in [-0.4, -0.2) is 56.5 Å². The Labute approximate surface area is 154 Å². The molecule has 4 heterocycles. The lowest BCUT2D eigenvalue weighted by Crippen LogP contribution is -2.50. The van der Waals surface area contributed by atoms with Crippen molar-refractivity contribution < 1.29 is 4.79 Å². The number of hydrogen-bond acceptors (Lipinski definition) is 5. The van der Waals surface area contributed by atoms with Crippen molar-refractivity contribution in [3.05, 3.63) is 35.3 Å². The number of imidazole rings is 1. The second-order valence-electron chi connectivity index (χ2n) is 7.33. The van der Waals surface area contributed by atoms with Crippen LogP contribution < -0.4 is 4.90 Å². The molecule has 0 N–H and O–H groups in total. The van der Waals surface area contributed by atoms with E-state index in [0.29, 0.717) is 0 Å². The second-order valence-corrected chi connectivity index (χ2v) is 7.33. The quantitative estimate of drug-likeness (QED) is 0.823. The van der Waals surface area contributed by atoms with Gasteiger partial charge in [0.25, 0.3) is 0 Å². The summed E-state index contributed by atoms with van der Waals surface area (Å²) in [6.07, 6.45) is 3.83. The Hall–Kier alpha value is -2.44. The van der Waals surface area contributed by atoms with Crippen molar-refractivity contribution in [2.45, 2.75) is 46.1 Å². The molecule has 1 fully saturated rings. The van der Waals surface area contributed by atoms with E-state index >= 15 is 0 Å². The zero-order chi connectivity index (χ0) is 18.3. The summed E-state index contributed by atoms with van der Waals surface area (Å²) in [6, 6.07) is 2.02. The van der Waals surface area contributed by atoms with Crippen molar-refractivity contribution >= 4 is 11.7 Å². The molecule has 0 spiro atoms. The maximum absolute atomic E-state index is 13.1. The molecule has 138 valence electrons. The first-order valence-electron chi connectivity index (χ1n) is 9.41. The third-order valence-corrected chi connectivity index (χ3v) is 5.44. The molecule has 26 heavy (non-hydrogen) atoms. The molecule has 2 aromatic rings. The molecule has 4 rings (SSSR count). The predicted octanol–water partition coefficient (Wildman–Crippen LogP) is 1.82. The van der Waals surface area contributed by atoms with Gasteiger partial charge in [-0.05, 0) is 33.6 Å². The Morgan fingerprint density at radius 1 is 1.08 bits per heavy atom. The standard InChI is InChI=1S/C19H26N6O/c1-13-11-17(22-15(3)21-13)23-7-9-24(10-8-23)19(26)16-5-4-6-25-14(2)12-20-18(16)25/h11-12,16H,4-10H2,1-3H3. The van der Waals surface area contributed by atoms with E-state index in [1.54, 1.807) is 0 Å². The fourth-order valence-electron chi connectivity index (χ4n) is 4.10. The zero-order valence-electron chi connectivity index (χ0n) is 15.8. The number of amides is 1. The number of nitrogens with zero attached hydrogens (tertiary/aromatic N) is 6. The summed E-state index contributed by atoms with van der Waals surface area (Å²) in [5, 5.41) is 0. The van der Waals surface area contributed by atoms with Crippen LogP contribution in [-0.2, 0) is 11.3 Å². The van der Waals surface area contributed by atoms with Crippen molar-refractivity contribution in [2.75, 3.05) is 31.1 Å². The van der Waals surface area contributed by atoms with Gasteiger partial charge in [0.1, 0.15) is 17.5 Å². The minimum absolute atomic E-state index is 0.0902. The highest BCUT2D eigenvalue weighted by Gasteiger charge is 2.33. The number of anilines is 1. The van der Waals surface area contributed by atoms with E-state index in [9.17, 15) is 4.79 Å². The molecular weight excluding hydrogens is 328 g/mol. The van der Waals surface area contributed by atoms with Crippen LogP contribution in [0.1, 0.15) is 41.8 Å². The molecule has 1 unspecified atom stereocenters. The van der Waals surface area contributed by atoms with E-state index in [-0.39, 0.29) is 11.8 Å². The average molecular weight is 354 g/mol. The van der Waals surface area contributed by atoms with E-state index in [2.05, 4.69) is 31.3 Å². The maximum Gasteiger partial charge on any atom is 0.233 e. The molecule has 7 heteroatoms. The molecule has 0 saturated carbocycles. The van der Waals surface area contributed by atoms with Crippen LogP contribution in [0.3, 0.4) is 0 Å². The van der Waals surface area contributed by atoms with E-state index in [0.717, 1.165) is 74.4 Å². The van der Waals surface area contributed by atoms with Crippen molar-refractivity contribution in [2.24, 2.45) is 0 Å². The monoisotopic (exact) mass is 354 g/mol. The van der Waals surface area contributed by atoms with Crippen LogP contribution in [0.2, 0.25) is 0 Å². The smallest absolute Gasteiger partial charge is 0.233 e. The van der Waals surface area contributed by atoms with Gasteiger partial charge in [-0.3, -0.25) is 4.79 Å².